The molecule has 0 aliphatic heterocycles. The summed E-state index contributed by atoms with van der Waals surface area (Å²) in [4.78, 5) is 3.86. The van der Waals surface area contributed by atoms with Crippen molar-refractivity contribution < 1.29 is 4.39 Å². The second kappa shape index (κ2) is 5.15. The fourth-order valence-corrected chi connectivity index (χ4v) is 1.17. The predicted octanol–water partition coefficient (Wildman–Crippen LogP) is 3.33. The van der Waals surface area contributed by atoms with E-state index in [0.29, 0.717) is 10.9 Å². The molecule has 78 valence electrons. The maximum absolute atomic E-state index is 13.2. The molecule has 4 heteroatoms. The number of halogens is 2. The van der Waals surface area contributed by atoms with Crippen LogP contribution in [0.15, 0.2) is 12.3 Å². The summed E-state index contributed by atoms with van der Waals surface area (Å²) >= 11 is 5.57. The van der Waals surface area contributed by atoms with Crippen molar-refractivity contribution in [2.45, 2.75) is 20.3 Å². The highest BCUT2D eigenvalue weighted by atomic mass is 35.5. The van der Waals surface area contributed by atoms with Crippen LogP contribution in [0.25, 0.3) is 0 Å². The maximum Gasteiger partial charge on any atom is 0.166 e. The van der Waals surface area contributed by atoms with Crippen LogP contribution in [0.1, 0.15) is 20.3 Å². The lowest BCUT2D eigenvalue weighted by atomic mass is 10.1. The molecule has 0 bridgehead atoms. The van der Waals surface area contributed by atoms with Crippen LogP contribution in [0.4, 0.5) is 10.2 Å². The molecule has 0 aromatic carbocycles. The van der Waals surface area contributed by atoms with Crippen molar-refractivity contribution in [1.82, 2.24) is 4.98 Å². The van der Waals surface area contributed by atoms with Crippen LogP contribution in [0.2, 0.25) is 5.02 Å². The number of pyridine rings is 1. The summed E-state index contributed by atoms with van der Waals surface area (Å²) in [7, 11) is 0. The number of hydrogen-bond donors (Lipinski definition) is 1. The average Bonchev–Trinajstić information content (AvgIpc) is 2.08. The Morgan fingerprint density at radius 1 is 1.57 bits per heavy atom. The zero-order valence-corrected chi connectivity index (χ0v) is 9.11. The van der Waals surface area contributed by atoms with E-state index in [-0.39, 0.29) is 5.82 Å². The summed E-state index contributed by atoms with van der Waals surface area (Å²) < 4.78 is 13.2. The van der Waals surface area contributed by atoms with Gasteiger partial charge in [0.05, 0.1) is 5.02 Å². The number of rotatable bonds is 4. The highest BCUT2D eigenvalue weighted by Crippen LogP contribution is 2.15. The molecule has 0 saturated carbocycles. The third-order valence-corrected chi connectivity index (χ3v) is 2.03. The van der Waals surface area contributed by atoms with Gasteiger partial charge >= 0.3 is 0 Å². The van der Waals surface area contributed by atoms with Gasteiger partial charge in [-0.05, 0) is 18.4 Å². The number of aromatic nitrogens is 1. The van der Waals surface area contributed by atoms with E-state index < -0.39 is 5.82 Å². The summed E-state index contributed by atoms with van der Waals surface area (Å²) in [5.41, 5.74) is 0. The lowest BCUT2D eigenvalue weighted by Gasteiger charge is -2.08. The van der Waals surface area contributed by atoms with E-state index in [1.807, 2.05) is 0 Å². The van der Waals surface area contributed by atoms with E-state index in [2.05, 4.69) is 24.1 Å². The van der Waals surface area contributed by atoms with Crippen molar-refractivity contribution in [1.29, 1.82) is 0 Å². The predicted molar refractivity (Wildman–Crippen MR) is 57.1 cm³/mol. The second-order valence-corrected chi connectivity index (χ2v) is 4.03. The molecule has 2 nitrogen and oxygen atoms in total. The molecule has 0 unspecified atom stereocenters. The molecule has 14 heavy (non-hydrogen) atoms. The van der Waals surface area contributed by atoms with Gasteiger partial charge in [0.2, 0.25) is 0 Å². The van der Waals surface area contributed by atoms with Crippen LogP contribution in [0.3, 0.4) is 0 Å². The Morgan fingerprint density at radius 3 is 2.86 bits per heavy atom. The molecule has 0 aliphatic carbocycles. The first-order chi connectivity index (χ1) is 6.59. The van der Waals surface area contributed by atoms with Gasteiger partial charge in [0.1, 0.15) is 0 Å². The number of nitrogens with zero attached hydrogens (tertiary/aromatic N) is 1. The van der Waals surface area contributed by atoms with Crippen molar-refractivity contribution in [3.8, 4) is 0 Å². The van der Waals surface area contributed by atoms with Gasteiger partial charge in [-0.1, -0.05) is 25.4 Å². The summed E-state index contributed by atoms with van der Waals surface area (Å²) in [6.45, 7) is 4.96. The molecule has 1 N–H and O–H groups in total. The van der Waals surface area contributed by atoms with Crippen LogP contribution in [-0.2, 0) is 0 Å². The molecular weight excluding hydrogens is 203 g/mol. The molecule has 1 aromatic rings. The lowest BCUT2D eigenvalue weighted by Crippen LogP contribution is -2.07. The molecule has 1 rings (SSSR count). The molecule has 0 radical (unpaired) electrons. The minimum Gasteiger partial charge on any atom is -0.368 e. The summed E-state index contributed by atoms with van der Waals surface area (Å²) in [6, 6.07) is 1.26. The van der Waals surface area contributed by atoms with Crippen molar-refractivity contribution in [2.75, 3.05) is 11.9 Å². The quantitative estimate of drug-likeness (QED) is 0.835. The average molecular weight is 217 g/mol. The first-order valence-electron chi connectivity index (χ1n) is 4.64. The largest absolute Gasteiger partial charge is 0.368 e. The molecule has 0 atom stereocenters. The highest BCUT2D eigenvalue weighted by Gasteiger charge is 2.03. The smallest absolute Gasteiger partial charge is 0.166 e. The molecule has 1 aromatic heterocycles. The van der Waals surface area contributed by atoms with Crippen LogP contribution in [0.5, 0.6) is 0 Å². The molecule has 0 fully saturated rings. The van der Waals surface area contributed by atoms with Crippen molar-refractivity contribution in [2.24, 2.45) is 5.92 Å². The maximum atomic E-state index is 13.2. The number of nitrogens with one attached hydrogen (secondary N) is 1. The highest BCUT2D eigenvalue weighted by molar-refractivity contribution is 6.30. The first-order valence-corrected chi connectivity index (χ1v) is 5.02. The van der Waals surface area contributed by atoms with Crippen LogP contribution < -0.4 is 5.32 Å². The summed E-state index contributed by atoms with van der Waals surface area (Å²) in [5, 5.41) is 3.24. The second-order valence-electron chi connectivity index (χ2n) is 3.59. The molecule has 0 spiro atoms. The third-order valence-electron chi connectivity index (χ3n) is 1.82. The summed E-state index contributed by atoms with van der Waals surface area (Å²) in [6.07, 6.45) is 2.42. The molecule has 1 heterocycles. The summed E-state index contributed by atoms with van der Waals surface area (Å²) in [5.74, 6) is 0.467. The normalized spacial score (nSPS) is 10.6. The zero-order chi connectivity index (χ0) is 10.6. The molecule has 0 amide bonds. The third kappa shape index (κ3) is 3.50. The van der Waals surface area contributed by atoms with E-state index in [1.165, 1.54) is 12.3 Å². The Morgan fingerprint density at radius 2 is 2.29 bits per heavy atom. The van der Waals surface area contributed by atoms with E-state index in [1.54, 1.807) is 0 Å². The number of anilines is 1. The Labute approximate surface area is 88.5 Å². The Bertz CT molecular complexity index is 302. The zero-order valence-electron chi connectivity index (χ0n) is 8.35. The van der Waals surface area contributed by atoms with E-state index in [4.69, 9.17) is 11.6 Å². The standard InChI is InChI=1S/C10H14ClFN2/c1-7(2)3-4-13-10-9(12)5-8(11)6-14-10/h5-7H,3-4H2,1-2H3,(H,13,14). The molecule has 0 saturated heterocycles. The minimum atomic E-state index is -0.402. The Kier molecular flexibility index (Phi) is 4.14. The van der Waals surface area contributed by atoms with Gasteiger partial charge in [0, 0.05) is 12.7 Å². The fourth-order valence-electron chi connectivity index (χ4n) is 1.02. The minimum absolute atomic E-state index is 0.273. The number of hydrogen-bond acceptors (Lipinski definition) is 2. The Hall–Kier alpha value is -0.830. The van der Waals surface area contributed by atoms with Gasteiger partial charge < -0.3 is 5.32 Å². The van der Waals surface area contributed by atoms with Gasteiger partial charge in [-0.15, -0.1) is 0 Å². The van der Waals surface area contributed by atoms with Gasteiger partial charge in [-0.2, -0.15) is 0 Å². The van der Waals surface area contributed by atoms with Gasteiger partial charge in [-0.3, -0.25) is 0 Å². The van der Waals surface area contributed by atoms with Gasteiger partial charge in [0.15, 0.2) is 11.6 Å². The van der Waals surface area contributed by atoms with Gasteiger partial charge in [-0.25, -0.2) is 9.37 Å². The van der Waals surface area contributed by atoms with Gasteiger partial charge in [0.25, 0.3) is 0 Å². The SMILES string of the molecule is CC(C)CCNc1ncc(Cl)cc1F. The van der Waals surface area contributed by atoms with Crippen molar-refractivity contribution >= 4 is 17.4 Å². The lowest BCUT2D eigenvalue weighted by molar-refractivity contribution is 0.597. The van der Waals surface area contributed by atoms with E-state index in [0.717, 1.165) is 13.0 Å². The topological polar surface area (TPSA) is 24.9 Å². The molecular formula is C10H14ClFN2. The fraction of sp³-hybridized carbons (Fsp3) is 0.500. The Balaban J connectivity index is 2.51. The van der Waals surface area contributed by atoms with E-state index >= 15 is 0 Å². The van der Waals surface area contributed by atoms with Crippen molar-refractivity contribution in [3.05, 3.63) is 23.1 Å². The van der Waals surface area contributed by atoms with Crippen LogP contribution in [0, 0.1) is 11.7 Å². The first kappa shape index (κ1) is 11.2. The van der Waals surface area contributed by atoms with Crippen LogP contribution in [-0.4, -0.2) is 11.5 Å². The molecule has 0 aliphatic rings. The van der Waals surface area contributed by atoms with Crippen LogP contribution >= 0.6 is 11.6 Å². The van der Waals surface area contributed by atoms with E-state index in [9.17, 15) is 4.39 Å². The monoisotopic (exact) mass is 216 g/mol. The van der Waals surface area contributed by atoms with Crippen molar-refractivity contribution in [3.63, 3.8) is 0 Å².